The summed E-state index contributed by atoms with van der Waals surface area (Å²) >= 11 is 0. The molecule has 0 spiro atoms. The molecular formula is C23H27F4N3. The lowest BCUT2D eigenvalue weighted by Crippen LogP contribution is -2.20. The van der Waals surface area contributed by atoms with E-state index in [1.807, 2.05) is 6.20 Å². The Morgan fingerprint density at radius 2 is 1.93 bits per heavy atom. The van der Waals surface area contributed by atoms with Gasteiger partial charge in [0, 0.05) is 47.2 Å². The van der Waals surface area contributed by atoms with Crippen LogP contribution in [0.4, 0.5) is 17.6 Å². The van der Waals surface area contributed by atoms with Crippen molar-refractivity contribution < 1.29 is 17.6 Å². The molecule has 0 aliphatic carbocycles. The Bertz CT molecular complexity index is 950. The van der Waals surface area contributed by atoms with Crippen molar-refractivity contribution in [2.75, 3.05) is 0 Å². The number of nitrogens with one attached hydrogen (secondary N) is 2. The Labute approximate surface area is 174 Å². The average Bonchev–Trinajstić information content (AvgIpc) is 3.15. The van der Waals surface area contributed by atoms with E-state index in [4.69, 9.17) is 0 Å². The van der Waals surface area contributed by atoms with Crippen LogP contribution in [0.25, 0.3) is 11.1 Å². The van der Waals surface area contributed by atoms with Crippen LogP contribution in [-0.4, -0.2) is 11.0 Å². The van der Waals surface area contributed by atoms with Crippen LogP contribution in [0.5, 0.6) is 0 Å². The molecule has 2 heterocycles. The summed E-state index contributed by atoms with van der Waals surface area (Å²) < 4.78 is 57.7. The first kappa shape index (κ1) is 22.1. The first-order chi connectivity index (χ1) is 14.1. The summed E-state index contributed by atoms with van der Waals surface area (Å²) in [4.78, 5) is 3.92. The Morgan fingerprint density at radius 1 is 1.20 bits per heavy atom. The summed E-state index contributed by atoms with van der Waals surface area (Å²) in [6.07, 6.45) is 4.79. The van der Waals surface area contributed by atoms with Crippen LogP contribution >= 0.6 is 0 Å². The first-order valence-electron chi connectivity index (χ1n) is 10.1. The number of rotatable bonds is 7. The highest BCUT2D eigenvalue weighted by Gasteiger charge is 2.25. The van der Waals surface area contributed by atoms with Crippen LogP contribution in [0.3, 0.4) is 0 Å². The molecule has 162 valence electrons. The van der Waals surface area contributed by atoms with Gasteiger partial charge in [-0.2, -0.15) is 0 Å². The van der Waals surface area contributed by atoms with Gasteiger partial charge in [0.25, 0.3) is 0 Å². The zero-order chi connectivity index (χ0) is 22.1. The molecule has 1 aliphatic rings. The molecule has 0 saturated heterocycles. The van der Waals surface area contributed by atoms with E-state index in [0.717, 1.165) is 30.7 Å². The van der Waals surface area contributed by atoms with E-state index >= 15 is 0 Å². The molecule has 7 heteroatoms. The van der Waals surface area contributed by atoms with Gasteiger partial charge in [-0.15, -0.1) is 0 Å². The Hall–Kier alpha value is -2.57. The van der Waals surface area contributed by atoms with E-state index in [-0.39, 0.29) is 27.9 Å². The van der Waals surface area contributed by atoms with Gasteiger partial charge in [-0.05, 0) is 51.0 Å². The minimum atomic E-state index is -1.80. The lowest BCUT2D eigenvalue weighted by molar-refractivity contribution is 0.214. The van der Waals surface area contributed by atoms with E-state index in [1.165, 1.54) is 26.1 Å². The van der Waals surface area contributed by atoms with Crippen LogP contribution in [0.1, 0.15) is 63.4 Å². The van der Waals surface area contributed by atoms with E-state index in [2.05, 4.69) is 22.5 Å². The Kier molecular flexibility index (Phi) is 6.38. The molecule has 0 bridgehead atoms. The fourth-order valence-electron chi connectivity index (χ4n) is 3.59. The van der Waals surface area contributed by atoms with Crippen molar-refractivity contribution in [3.8, 4) is 11.1 Å². The van der Waals surface area contributed by atoms with Gasteiger partial charge in [-0.25, -0.2) is 17.6 Å². The fourth-order valence-corrected chi connectivity index (χ4v) is 3.59. The summed E-state index contributed by atoms with van der Waals surface area (Å²) in [5.41, 5.74) is -0.605. The number of aromatic nitrogens is 1. The average molecular weight is 421 g/mol. The van der Waals surface area contributed by atoms with Gasteiger partial charge >= 0.3 is 0 Å². The van der Waals surface area contributed by atoms with Gasteiger partial charge < -0.3 is 10.6 Å². The summed E-state index contributed by atoms with van der Waals surface area (Å²) in [5, 5.41) is 6.45. The molecule has 2 aromatic rings. The molecule has 1 unspecified atom stereocenters. The third-order valence-electron chi connectivity index (χ3n) is 5.44. The minimum absolute atomic E-state index is 0.0276. The molecule has 2 N–H and O–H groups in total. The van der Waals surface area contributed by atoms with Crippen molar-refractivity contribution in [2.24, 2.45) is 0 Å². The van der Waals surface area contributed by atoms with Crippen molar-refractivity contribution >= 4 is 0 Å². The van der Waals surface area contributed by atoms with Gasteiger partial charge in [-0.1, -0.05) is 6.92 Å². The topological polar surface area (TPSA) is 37.0 Å². The van der Waals surface area contributed by atoms with E-state index in [0.29, 0.717) is 6.04 Å². The third-order valence-corrected chi connectivity index (χ3v) is 5.44. The van der Waals surface area contributed by atoms with E-state index in [9.17, 15) is 17.6 Å². The normalized spacial score (nSPS) is 17.5. The van der Waals surface area contributed by atoms with Crippen LogP contribution in [0, 0.1) is 11.6 Å². The van der Waals surface area contributed by atoms with Gasteiger partial charge in [0.15, 0.2) is 0 Å². The minimum Gasteiger partial charge on any atom is -0.386 e. The monoisotopic (exact) mass is 421 g/mol. The maximum atomic E-state index is 15.0. The molecule has 3 rings (SSSR count). The molecular weight excluding hydrogens is 394 g/mol. The summed E-state index contributed by atoms with van der Waals surface area (Å²) in [6.45, 7) is 5.51. The SMILES string of the molecule is CC[C@H]1CC(NC(C)c2cc(F)c(-c3cc(C(C)(C)F)ncc3CF)cc2F)=CN1. The molecule has 1 aliphatic heterocycles. The van der Waals surface area contributed by atoms with Crippen LogP contribution in [0.15, 0.2) is 36.3 Å². The predicted molar refractivity (Wildman–Crippen MR) is 110 cm³/mol. The second-order valence-electron chi connectivity index (χ2n) is 8.20. The number of halogens is 4. The number of hydrogen-bond donors (Lipinski definition) is 2. The summed E-state index contributed by atoms with van der Waals surface area (Å²) in [6, 6.07) is 3.32. The lowest BCUT2D eigenvalue weighted by Gasteiger charge is -2.20. The quantitative estimate of drug-likeness (QED) is 0.541. The maximum Gasteiger partial charge on any atom is 0.147 e. The predicted octanol–water partition coefficient (Wildman–Crippen LogP) is 5.96. The van der Waals surface area contributed by atoms with Crippen LogP contribution in [-0.2, 0) is 12.3 Å². The van der Waals surface area contributed by atoms with Gasteiger partial charge in [0.2, 0.25) is 0 Å². The standard InChI is InChI=1S/C23H27F4N3/c1-5-15-6-16(12-28-15)30-13(2)17-7-21(26)19(8-20(17)25)18-9-22(23(3,4)27)29-11-14(18)10-24/h7-9,11-13,15,28,30H,5-6,10H2,1-4H3/t13?,15-/m0/s1. The Morgan fingerprint density at radius 3 is 2.53 bits per heavy atom. The molecule has 0 saturated carbocycles. The van der Waals surface area contributed by atoms with Gasteiger partial charge in [0.05, 0.1) is 11.7 Å². The zero-order valence-electron chi connectivity index (χ0n) is 17.6. The second kappa shape index (κ2) is 8.66. The van der Waals surface area contributed by atoms with Crippen molar-refractivity contribution in [1.82, 2.24) is 15.6 Å². The van der Waals surface area contributed by atoms with Crippen molar-refractivity contribution in [1.29, 1.82) is 0 Å². The van der Waals surface area contributed by atoms with Crippen molar-refractivity contribution in [3.05, 3.63) is 64.7 Å². The molecule has 30 heavy (non-hydrogen) atoms. The molecule has 2 atom stereocenters. The van der Waals surface area contributed by atoms with Crippen molar-refractivity contribution in [3.63, 3.8) is 0 Å². The van der Waals surface area contributed by atoms with Crippen LogP contribution < -0.4 is 10.6 Å². The molecule has 0 amide bonds. The number of pyridine rings is 1. The van der Waals surface area contributed by atoms with Crippen LogP contribution in [0.2, 0.25) is 0 Å². The zero-order valence-corrected chi connectivity index (χ0v) is 17.6. The lowest BCUT2D eigenvalue weighted by atomic mass is 9.94. The van der Waals surface area contributed by atoms with E-state index < -0.39 is 30.0 Å². The molecule has 3 nitrogen and oxygen atoms in total. The second-order valence-corrected chi connectivity index (χ2v) is 8.20. The molecule has 1 aromatic heterocycles. The third kappa shape index (κ3) is 4.60. The van der Waals surface area contributed by atoms with Gasteiger partial charge in [0.1, 0.15) is 24.0 Å². The molecule has 0 fully saturated rings. The number of nitrogens with zero attached hydrogens (tertiary/aromatic N) is 1. The first-order valence-corrected chi connectivity index (χ1v) is 10.1. The Balaban J connectivity index is 1.93. The summed E-state index contributed by atoms with van der Waals surface area (Å²) in [5.74, 6) is -1.32. The highest BCUT2D eigenvalue weighted by Crippen LogP contribution is 2.34. The fraction of sp³-hybridized carbons (Fsp3) is 0.435. The number of hydrogen-bond acceptors (Lipinski definition) is 3. The molecule has 0 radical (unpaired) electrons. The largest absolute Gasteiger partial charge is 0.386 e. The van der Waals surface area contributed by atoms with Gasteiger partial charge in [-0.3, -0.25) is 4.98 Å². The smallest absolute Gasteiger partial charge is 0.147 e. The number of alkyl halides is 2. The number of benzene rings is 1. The molecule has 1 aromatic carbocycles. The summed E-state index contributed by atoms with van der Waals surface area (Å²) in [7, 11) is 0. The highest BCUT2D eigenvalue weighted by molar-refractivity contribution is 5.69. The van der Waals surface area contributed by atoms with E-state index in [1.54, 1.807) is 6.92 Å². The maximum absolute atomic E-state index is 15.0. The van der Waals surface area contributed by atoms with Crippen molar-refractivity contribution in [2.45, 2.75) is 65.0 Å². The highest BCUT2D eigenvalue weighted by atomic mass is 19.1.